The summed E-state index contributed by atoms with van der Waals surface area (Å²) in [4.78, 5) is 13.2. The van der Waals surface area contributed by atoms with Gasteiger partial charge in [-0.25, -0.2) is 0 Å². The second-order valence-electron chi connectivity index (χ2n) is 2.65. The minimum absolute atomic E-state index is 0.120. The first-order chi connectivity index (χ1) is 5.67. The van der Waals surface area contributed by atoms with Gasteiger partial charge >= 0.3 is 0 Å². The first-order valence-corrected chi connectivity index (χ1v) is 4.89. The van der Waals surface area contributed by atoms with Crippen LogP contribution in [0, 0.1) is 0 Å². The van der Waals surface area contributed by atoms with E-state index in [2.05, 4.69) is 17.9 Å². The van der Waals surface area contributed by atoms with E-state index >= 15 is 0 Å². The van der Waals surface area contributed by atoms with Crippen LogP contribution in [-0.4, -0.2) is 42.7 Å². The third-order valence-electron chi connectivity index (χ3n) is 1.78. The van der Waals surface area contributed by atoms with Gasteiger partial charge in [-0.05, 0) is 13.5 Å². The largest absolute Gasteiger partial charge is 0.345 e. The predicted octanol–water partition coefficient (Wildman–Crippen LogP) is 0.373. The minimum Gasteiger partial charge on any atom is -0.345 e. The fraction of sp³-hybridized carbons (Fsp3) is 0.875. The number of carbonyl (C=O) groups excluding carboxylic acids is 1. The van der Waals surface area contributed by atoms with E-state index in [1.807, 2.05) is 13.8 Å². The van der Waals surface area contributed by atoms with E-state index in [1.54, 1.807) is 11.9 Å². The Morgan fingerprint density at radius 2 is 2.17 bits per heavy atom. The fourth-order valence-corrected chi connectivity index (χ4v) is 1.18. The molecule has 0 saturated heterocycles. The molecule has 0 heterocycles. The van der Waals surface area contributed by atoms with E-state index in [-0.39, 0.29) is 11.9 Å². The number of nitrogens with one attached hydrogen (secondary N) is 1. The summed E-state index contributed by atoms with van der Waals surface area (Å²) in [6.07, 6.45) is 0. The van der Waals surface area contributed by atoms with Crippen molar-refractivity contribution in [3.63, 3.8) is 0 Å². The number of rotatable bonds is 5. The van der Waals surface area contributed by atoms with Crippen molar-refractivity contribution >= 4 is 18.5 Å². The SMILES string of the molecule is CCN[C@H](CS)C(=O)N(C)CC. The molecule has 4 heteroatoms. The highest BCUT2D eigenvalue weighted by Crippen LogP contribution is 1.94. The quantitative estimate of drug-likeness (QED) is 0.614. The summed E-state index contributed by atoms with van der Waals surface area (Å²) in [5.41, 5.74) is 0. The van der Waals surface area contributed by atoms with Crippen LogP contribution >= 0.6 is 12.6 Å². The molecule has 12 heavy (non-hydrogen) atoms. The number of hydrogen-bond donors (Lipinski definition) is 2. The lowest BCUT2D eigenvalue weighted by atomic mass is 10.3. The Balaban J connectivity index is 4.01. The van der Waals surface area contributed by atoms with Crippen LogP contribution in [0.2, 0.25) is 0 Å². The van der Waals surface area contributed by atoms with Crippen LogP contribution in [0.4, 0.5) is 0 Å². The molecule has 0 aromatic heterocycles. The van der Waals surface area contributed by atoms with Gasteiger partial charge in [0.25, 0.3) is 0 Å². The maximum atomic E-state index is 11.5. The number of thiol groups is 1. The highest BCUT2D eigenvalue weighted by Gasteiger charge is 2.17. The molecule has 0 aromatic carbocycles. The molecule has 0 spiro atoms. The average molecular weight is 190 g/mol. The standard InChI is InChI=1S/C8H18N2OS/c1-4-9-7(6-12)8(11)10(3)5-2/h7,9,12H,4-6H2,1-3H3/t7-/m1/s1. The Morgan fingerprint density at radius 1 is 1.58 bits per heavy atom. The normalized spacial score (nSPS) is 12.7. The van der Waals surface area contributed by atoms with Crippen LogP contribution < -0.4 is 5.32 Å². The van der Waals surface area contributed by atoms with Gasteiger partial charge in [0.1, 0.15) is 0 Å². The first-order valence-electron chi connectivity index (χ1n) is 4.26. The molecule has 0 fully saturated rings. The first kappa shape index (κ1) is 11.8. The summed E-state index contributed by atoms with van der Waals surface area (Å²) in [6.45, 7) is 5.48. The maximum absolute atomic E-state index is 11.5. The van der Waals surface area contributed by atoms with Gasteiger partial charge in [0.15, 0.2) is 0 Å². The molecule has 0 bridgehead atoms. The molecule has 0 rings (SSSR count). The third-order valence-corrected chi connectivity index (χ3v) is 2.15. The molecule has 0 radical (unpaired) electrons. The second-order valence-corrected chi connectivity index (χ2v) is 3.01. The minimum atomic E-state index is -0.136. The Labute approximate surface area is 79.9 Å². The smallest absolute Gasteiger partial charge is 0.240 e. The summed E-state index contributed by atoms with van der Waals surface area (Å²) in [6, 6.07) is -0.136. The molecule has 0 saturated carbocycles. The monoisotopic (exact) mass is 190 g/mol. The molecule has 0 aliphatic carbocycles. The summed E-state index contributed by atoms with van der Waals surface area (Å²) in [7, 11) is 1.80. The molecule has 72 valence electrons. The second kappa shape index (κ2) is 6.31. The molecular formula is C8H18N2OS. The van der Waals surface area contributed by atoms with Crippen molar-refractivity contribution in [3.05, 3.63) is 0 Å². The number of carbonyl (C=O) groups is 1. The summed E-state index contributed by atoms with van der Waals surface area (Å²) in [5.74, 6) is 0.672. The topological polar surface area (TPSA) is 32.3 Å². The molecule has 1 atom stereocenters. The molecule has 0 aliphatic rings. The summed E-state index contributed by atoms with van der Waals surface area (Å²) >= 11 is 4.11. The lowest BCUT2D eigenvalue weighted by Gasteiger charge is -2.21. The van der Waals surface area contributed by atoms with E-state index in [4.69, 9.17) is 0 Å². The van der Waals surface area contributed by atoms with Gasteiger partial charge < -0.3 is 10.2 Å². The van der Waals surface area contributed by atoms with Crippen molar-refractivity contribution in [3.8, 4) is 0 Å². The van der Waals surface area contributed by atoms with Gasteiger partial charge in [0.05, 0.1) is 6.04 Å². The number of hydrogen-bond acceptors (Lipinski definition) is 3. The Hall–Kier alpha value is -0.220. The number of nitrogens with zero attached hydrogens (tertiary/aromatic N) is 1. The van der Waals surface area contributed by atoms with Crippen molar-refractivity contribution in [1.82, 2.24) is 10.2 Å². The van der Waals surface area contributed by atoms with Gasteiger partial charge in [-0.2, -0.15) is 12.6 Å². The summed E-state index contributed by atoms with van der Waals surface area (Å²) < 4.78 is 0. The van der Waals surface area contributed by atoms with Crippen LogP contribution in [0.1, 0.15) is 13.8 Å². The van der Waals surface area contributed by atoms with Gasteiger partial charge in [-0.15, -0.1) is 0 Å². The van der Waals surface area contributed by atoms with E-state index < -0.39 is 0 Å². The highest BCUT2D eigenvalue weighted by molar-refractivity contribution is 7.80. The number of amides is 1. The average Bonchev–Trinajstić information content (AvgIpc) is 2.11. The van der Waals surface area contributed by atoms with Crippen LogP contribution in [-0.2, 0) is 4.79 Å². The predicted molar refractivity (Wildman–Crippen MR) is 54.6 cm³/mol. The van der Waals surface area contributed by atoms with Crippen molar-refractivity contribution in [1.29, 1.82) is 0 Å². The lowest BCUT2D eigenvalue weighted by molar-refractivity contribution is -0.131. The fourth-order valence-electron chi connectivity index (χ4n) is 0.898. The highest BCUT2D eigenvalue weighted by atomic mass is 32.1. The van der Waals surface area contributed by atoms with E-state index in [0.29, 0.717) is 5.75 Å². The van der Waals surface area contributed by atoms with Gasteiger partial charge in [-0.1, -0.05) is 6.92 Å². The van der Waals surface area contributed by atoms with Crippen molar-refractivity contribution in [2.24, 2.45) is 0 Å². The molecule has 1 amide bonds. The van der Waals surface area contributed by atoms with Crippen LogP contribution in [0.25, 0.3) is 0 Å². The van der Waals surface area contributed by atoms with Crippen molar-refractivity contribution in [2.75, 3.05) is 25.9 Å². The molecule has 1 N–H and O–H groups in total. The van der Waals surface area contributed by atoms with Crippen molar-refractivity contribution < 1.29 is 4.79 Å². The lowest BCUT2D eigenvalue weighted by Crippen LogP contribution is -2.46. The van der Waals surface area contributed by atoms with Crippen LogP contribution in [0.15, 0.2) is 0 Å². The van der Waals surface area contributed by atoms with Gasteiger partial charge in [0.2, 0.25) is 5.91 Å². The molecular weight excluding hydrogens is 172 g/mol. The maximum Gasteiger partial charge on any atom is 0.240 e. The molecule has 0 aliphatic heterocycles. The van der Waals surface area contributed by atoms with E-state index in [0.717, 1.165) is 13.1 Å². The number of likely N-dealkylation sites (N-methyl/N-ethyl adjacent to an activating group) is 2. The van der Waals surface area contributed by atoms with Gasteiger partial charge in [-0.3, -0.25) is 4.79 Å². The van der Waals surface area contributed by atoms with E-state index in [9.17, 15) is 4.79 Å². The van der Waals surface area contributed by atoms with E-state index in [1.165, 1.54) is 0 Å². The third kappa shape index (κ3) is 3.45. The van der Waals surface area contributed by atoms with Crippen LogP contribution in [0.5, 0.6) is 0 Å². The molecule has 0 aromatic rings. The zero-order chi connectivity index (χ0) is 9.56. The van der Waals surface area contributed by atoms with Gasteiger partial charge in [0, 0.05) is 19.3 Å². The zero-order valence-corrected chi connectivity index (χ0v) is 8.90. The molecule has 3 nitrogen and oxygen atoms in total. The Kier molecular flexibility index (Phi) is 6.20. The summed E-state index contributed by atoms with van der Waals surface area (Å²) in [5, 5.41) is 3.08. The van der Waals surface area contributed by atoms with Crippen LogP contribution in [0.3, 0.4) is 0 Å². The Bertz CT molecular complexity index is 141. The Morgan fingerprint density at radius 3 is 2.50 bits per heavy atom. The zero-order valence-electron chi connectivity index (χ0n) is 8.00. The van der Waals surface area contributed by atoms with Crippen molar-refractivity contribution in [2.45, 2.75) is 19.9 Å². The molecule has 0 unspecified atom stereocenters.